The molecule has 0 aromatic carbocycles. The molecule has 0 bridgehead atoms. The second-order valence-electron chi connectivity index (χ2n) is 1.73. The summed E-state index contributed by atoms with van der Waals surface area (Å²) in [7, 11) is 0. The van der Waals surface area contributed by atoms with Crippen LogP contribution in [0.2, 0.25) is 0 Å². The Hall–Kier alpha value is -1.26. The molecule has 1 aromatic rings. The van der Waals surface area contributed by atoms with Gasteiger partial charge in [0.15, 0.2) is 6.61 Å². The Kier molecular flexibility index (Phi) is 2.71. The first-order valence-electron chi connectivity index (χ1n) is 2.97. The van der Waals surface area contributed by atoms with Crippen LogP contribution in [0.5, 0.6) is 6.01 Å². The van der Waals surface area contributed by atoms with E-state index >= 15 is 0 Å². The maximum Gasteiger partial charge on any atom is 0.316 e. The number of rotatable bonds is 3. The molecular weight excluding hydrogens is 154 g/mol. The molecule has 0 radical (unpaired) electrons. The zero-order valence-corrected chi connectivity index (χ0v) is 5.58. The molecule has 0 N–H and O–H groups in total. The molecular formula is C6H6F2N2O. The minimum Gasteiger partial charge on any atom is -0.457 e. The van der Waals surface area contributed by atoms with Gasteiger partial charge in [0.25, 0.3) is 6.43 Å². The van der Waals surface area contributed by atoms with Crippen molar-refractivity contribution in [2.24, 2.45) is 0 Å². The number of alkyl halides is 2. The first-order chi connectivity index (χ1) is 5.29. The number of nitrogens with zero attached hydrogens (tertiary/aromatic N) is 2. The molecule has 60 valence electrons. The lowest BCUT2D eigenvalue weighted by Gasteiger charge is -2.00. The van der Waals surface area contributed by atoms with Crippen LogP contribution < -0.4 is 4.74 Å². The second-order valence-corrected chi connectivity index (χ2v) is 1.73. The molecule has 0 aliphatic carbocycles. The minimum atomic E-state index is -2.49. The number of halogens is 2. The molecule has 0 aliphatic heterocycles. The first kappa shape index (κ1) is 7.84. The van der Waals surface area contributed by atoms with Gasteiger partial charge in [-0.05, 0) is 6.07 Å². The molecule has 0 aliphatic rings. The molecule has 0 spiro atoms. The van der Waals surface area contributed by atoms with E-state index in [1.54, 1.807) is 6.07 Å². The average molecular weight is 160 g/mol. The first-order valence-corrected chi connectivity index (χ1v) is 2.97. The Morgan fingerprint density at radius 1 is 1.36 bits per heavy atom. The summed E-state index contributed by atoms with van der Waals surface area (Å²) in [5.74, 6) is 0. The van der Waals surface area contributed by atoms with E-state index in [2.05, 4.69) is 14.7 Å². The van der Waals surface area contributed by atoms with Crippen molar-refractivity contribution in [2.75, 3.05) is 6.61 Å². The van der Waals surface area contributed by atoms with Crippen molar-refractivity contribution < 1.29 is 13.5 Å². The predicted molar refractivity (Wildman–Crippen MR) is 33.5 cm³/mol. The Morgan fingerprint density at radius 3 is 2.55 bits per heavy atom. The van der Waals surface area contributed by atoms with Crippen molar-refractivity contribution in [2.45, 2.75) is 6.43 Å². The van der Waals surface area contributed by atoms with E-state index in [0.717, 1.165) is 0 Å². The van der Waals surface area contributed by atoms with Crippen molar-refractivity contribution >= 4 is 0 Å². The van der Waals surface area contributed by atoms with E-state index in [4.69, 9.17) is 0 Å². The fourth-order valence-corrected chi connectivity index (χ4v) is 0.497. The smallest absolute Gasteiger partial charge is 0.316 e. The SMILES string of the molecule is FC(F)COc1ncccn1. The molecule has 5 heteroatoms. The molecule has 0 atom stereocenters. The summed E-state index contributed by atoms with van der Waals surface area (Å²) in [5, 5.41) is 0. The zero-order valence-electron chi connectivity index (χ0n) is 5.58. The van der Waals surface area contributed by atoms with Crippen LogP contribution in [0.25, 0.3) is 0 Å². The van der Waals surface area contributed by atoms with Gasteiger partial charge in [-0.25, -0.2) is 18.7 Å². The van der Waals surface area contributed by atoms with Gasteiger partial charge >= 0.3 is 6.01 Å². The van der Waals surface area contributed by atoms with Gasteiger partial charge in [0.05, 0.1) is 0 Å². The van der Waals surface area contributed by atoms with Crippen molar-refractivity contribution in [3.8, 4) is 6.01 Å². The summed E-state index contributed by atoms with van der Waals surface area (Å²) in [6, 6.07) is 1.56. The quantitative estimate of drug-likeness (QED) is 0.664. The molecule has 0 amide bonds. The van der Waals surface area contributed by atoms with E-state index in [1.165, 1.54) is 12.4 Å². The van der Waals surface area contributed by atoms with Crippen molar-refractivity contribution in [3.63, 3.8) is 0 Å². The van der Waals surface area contributed by atoms with Gasteiger partial charge in [-0.3, -0.25) is 0 Å². The van der Waals surface area contributed by atoms with Crippen LogP contribution >= 0.6 is 0 Å². The van der Waals surface area contributed by atoms with Gasteiger partial charge in [0.1, 0.15) is 0 Å². The molecule has 3 nitrogen and oxygen atoms in total. The number of ether oxygens (including phenoxy) is 1. The van der Waals surface area contributed by atoms with Crippen LogP contribution in [0, 0.1) is 0 Å². The van der Waals surface area contributed by atoms with Gasteiger partial charge in [0, 0.05) is 12.4 Å². The summed E-state index contributed by atoms with van der Waals surface area (Å²) < 4.78 is 27.6. The average Bonchev–Trinajstić information content (AvgIpc) is 2.03. The third-order valence-electron chi connectivity index (χ3n) is 0.881. The second kappa shape index (κ2) is 3.80. The molecule has 0 saturated carbocycles. The topological polar surface area (TPSA) is 35.0 Å². The number of hydrogen-bond donors (Lipinski definition) is 0. The Labute approximate surface area is 62.0 Å². The normalized spacial score (nSPS) is 10.1. The molecule has 1 heterocycles. The fourth-order valence-electron chi connectivity index (χ4n) is 0.497. The van der Waals surface area contributed by atoms with Gasteiger partial charge < -0.3 is 4.74 Å². The molecule has 0 saturated heterocycles. The van der Waals surface area contributed by atoms with Crippen LogP contribution in [0.3, 0.4) is 0 Å². The van der Waals surface area contributed by atoms with E-state index < -0.39 is 13.0 Å². The Morgan fingerprint density at radius 2 is 2.00 bits per heavy atom. The highest BCUT2D eigenvalue weighted by molar-refractivity contribution is 4.92. The third-order valence-corrected chi connectivity index (χ3v) is 0.881. The molecule has 1 aromatic heterocycles. The third kappa shape index (κ3) is 2.88. The summed E-state index contributed by atoms with van der Waals surface area (Å²) in [5.41, 5.74) is 0. The molecule has 11 heavy (non-hydrogen) atoms. The van der Waals surface area contributed by atoms with Crippen molar-refractivity contribution in [3.05, 3.63) is 18.5 Å². The standard InChI is InChI=1S/C6H6F2N2O/c7-5(8)4-11-6-9-2-1-3-10-6/h1-3,5H,4H2. The summed E-state index contributed by atoms with van der Waals surface area (Å²) >= 11 is 0. The maximum absolute atomic E-state index is 11.5. The maximum atomic E-state index is 11.5. The van der Waals surface area contributed by atoms with Crippen LogP contribution in [-0.2, 0) is 0 Å². The minimum absolute atomic E-state index is 0.0206. The van der Waals surface area contributed by atoms with Crippen molar-refractivity contribution in [1.82, 2.24) is 9.97 Å². The Bertz CT molecular complexity index is 205. The lowest BCUT2D eigenvalue weighted by molar-refractivity contribution is 0.0770. The fraction of sp³-hybridized carbons (Fsp3) is 0.333. The van der Waals surface area contributed by atoms with Gasteiger partial charge in [-0.15, -0.1) is 0 Å². The van der Waals surface area contributed by atoms with E-state index in [0.29, 0.717) is 0 Å². The lowest BCUT2D eigenvalue weighted by Crippen LogP contribution is -2.08. The van der Waals surface area contributed by atoms with Crippen LogP contribution in [0.4, 0.5) is 8.78 Å². The van der Waals surface area contributed by atoms with Crippen LogP contribution in [-0.4, -0.2) is 23.0 Å². The highest BCUT2D eigenvalue weighted by atomic mass is 19.3. The van der Waals surface area contributed by atoms with Crippen LogP contribution in [0.1, 0.15) is 0 Å². The lowest BCUT2D eigenvalue weighted by atomic mass is 10.7. The largest absolute Gasteiger partial charge is 0.457 e. The monoisotopic (exact) mass is 160 g/mol. The number of hydrogen-bond acceptors (Lipinski definition) is 3. The van der Waals surface area contributed by atoms with Gasteiger partial charge in [-0.1, -0.05) is 0 Å². The van der Waals surface area contributed by atoms with E-state index in [9.17, 15) is 8.78 Å². The molecule has 1 rings (SSSR count). The van der Waals surface area contributed by atoms with Crippen LogP contribution in [0.15, 0.2) is 18.5 Å². The predicted octanol–water partition coefficient (Wildman–Crippen LogP) is 1.12. The van der Waals surface area contributed by atoms with E-state index in [-0.39, 0.29) is 6.01 Å². The van der Waals surface area contributed by atoms with Gasteiger partial charge in [-0.2, -0.15) is 0 Å². The molecule has 0 unspecified atom stereocenters. The van der Waals surface area contributed by atoms with Crippen molar-refractivity contribution in [1.29, 1.82) is 0 Å². The summed E-state index contributed by atoms with van der Waals surface area (Å²) in [6.45, 7) is -0.663. The highest BCUT2D eigenvalue weighted by Gasteiger charge is 2.03. The zero-order chi connectivity index (χ0) is 8.10. The van der Waals surface area contributed by atoms with Gasteiger partial charge in [0.2, 0.25) is 0 Å². The molecule has 0 fully saturated rings. The number of aromatic nitrogens is 2. The summed E-state index contributed by atoms with van der Waals surface area (Å²) in [4.78, 5) is 7.17. The summed E-state index contributed by atoms with van der Waals surface area (Å²) in [6.07, 6.45) is 0.362. The highest BCUT2D eigenvalue weighted by Crippen LogP contribution is 2.00. The Balaban J connectivity index is 2.39. The van der Waals surface area contributed by atoms with E-state index in [1.807, 2.05) is 0 Å².